The molecule has 0 spiro atoms. The quantitative estimate of drug-likeness (QED) is 0.142. The van der Waals surface area contributed by atoms with Gasteiger partial charge in [0.15, 0.2) is 0 Å². The van der Waals surface area contributed by atoms with Gasteiger partial charge in [0, 0.05) is 21.5 Å². The van der Waals surface area contributed by atoms with Crippen LogP contribution in [0.2, 0.25) is 0 Å². The van der Waals surface area contributed by atoms with Crippen molar-refractivity contribution < 1.29 is 40.9 Å². The van der Waals surface area contributed by atoms with Crippen LogP contribution in [0.4, 0.5) is 0 Å². The molecule has 5 heteroatoms. The van der Waals surface area contributed by atoms with Crippen molar-refractivity contribution in [3.05, 3.63) is 199 Å². The van der Waals surface area contributed by atoms with Crippen LogP contribution in [0.25, 0.3) is 83.9 Å². The standard InChI is InChI=1S/C60H55N3O.Pt/c1-38-30-40(3)57(64-10)52(31-38)58-62-56-49(45-33-46(35-48(34-45)60(7,8)9)53-36-44(28-29-61-53)41-18-13-11-14-19-41)22-17-23-54(56)63(58)55-32-39(2)50(42-20-15-12-16-21-42)37-51(55)43-24-26-47(27-25-43)59(4,5)6;/h11-32,34-37H,10H2,1-9H3;/q-2;+2/i2D3,11D,13D,14D,18D,19D,28D,29D,36D;. The Bertz CT molecular complexity index is 3730. The van der Waals surface area contributed by atoms with E-state index in [1.807, 2.05) is 112 Å². The Morgan fingerprint density at radius 1 is 0.646 bits per heavy atom. The first-order valence-corrected chi connectivity index (χ1v) is 21.2. The molecule has 2 aromatic heterocycles. The summed E-state index contributed by atoms with van der Waals surface area (Å²) in [6.45, 7) is 13.9. The molecule has 9 aromatic rings. The summed E-state index contributed by atoms with van der Waals surface area (Å²) in [5.41, 5.74) is 8.92. The minimum absolute atomic E-state index is 0. The Hall–Kier alpha value is -6.35. The first-order valence-electron chi connectivity index (χ1n) is 26.7. The molecule has 4 nitrogen and oxygen atoms in total. The van der Waals surface area contributed by atoms with E-state index in [2.05, 4.69) is 63.2 Å². The second-order valence-electron chi connectivity index (χ2n) is 18.3. The number of aryl methyl sites for hydroxylation is 3. The Morgan fingerprint density at radius 2 is 1.35 bits per heavy atom. The largest absolute Gasteiger partial charge is 2.00 e. The van der Waals surface area contributed by atoms with Gasteiger partial charge in [0.05, 0.1) is 39.0 Å². The van der Waals surface area contributed by atoms with E-state index in [-0.39, 0.29) is 54.4 Å². The second kappa shape index (κ2) is 17.9. The molecule has 0 aliphatic heterocycles. The minimum atomic E-state index is -2.55. The Kier molecular flexibility index (Phi) is 9.14. The number of hydrogen-bond donors (Lipinski definition) is 0. The smallest absolute Gasteiger partial charge is 0.665 e. The fourth-order valence-electron chi connectivity index (χ4n) is 8.28. The van der Waals surface area contributed by atoms with Gasteiger partial charge in [-0.05, 0) is 112 Å². The molecular weight excluding hydrogens is 974 g/mol. The molecule has 65 heavy (non-hydrogen) atoms. The van der Waals surface area contributed by atoms with E-state index in [1.165, 1.54) is 0 Å². The SMILES string of the molecule is [2H]c1nc(-c2[c-]c(-c3cccc4c3nc(-c3cc(C)cc(C)c3O[CH2-])n4-c3cc(C([2H])([2H])[2H])c(-c4ccccc4)cc3-c3ccc(C(C)(C)C)cc3)cc(C(C)(C)C)c2)c([2H])c(-c2c([2H])c([2H])c([2H])c([2H])c2[2H])c1[2H].[Pt+2]. The average molecular weight is 1040 g/mol. The zero-order valence-electron chi connectivity index (χ0n) is 48.7. The van der Waals surface area contributed by atoms with Crippen LogP contribution in [-0.4, -0.2) is 14.5 Å². The number of aromatic nitrogens is 3. The minimum Gasteiger partial charge on any atom is -0.665 e. The van der Waals surface area contributed by atoms with Crippen LogP contribution in [0.15, 0.2) is 158 Å². The van der Waals surface area contributed by atoms with E-state index >= 15 is 0 Å². The molecule has 2 heterocycles. The Morgan fingerprint density at radius 3 is 2.05 bits per heavy atom. The predicted octanol–water partition coefficient (Wildman–Crippen LogP) is 15.9. The predicted molar refractivity (Wildman–Crippen MR) is 268 cm³/mol. The van der Waals surface area contributed by atoms with Gasteiger partial charge in [-0.25, -0.2) is 4.98 Å². The van der Waals surface area contributed by atoms with Crippen molar-refractivity contribution in [3.63, 3.8) is 0 Å². The number of imidazole rings is 1. The Labute approximate surface area is 415 Å². The fraction of sp³-hybridized carbons (Fsp3) is 0.183. The van der Waals surface area contributed by atoms with Crippen LogP contribution in [0.1, 0.15) is 84.4 Å². The molecule has 0 radical (unpaired) electrons. The van der Waals surface area contributed by atoms with E-state index < -0.39 is 60.7 Å². The maximum atomic E-state index is 9.54. The maximum absolute atomic E-state index is 9.54. The first kappa shape index (κ1) is 33.2. The number of fused-ring (bicyclic) bond motifs is 1. The summed E-state index contributed by atoms with van der Waals surface area (Å²) in [7, 11) is 3.87. The molecule has 0 unspecified atom stereocenters. The summed E-state index contributed by atoms with van der Waals surface area (Å²) in [5.74, 6) is 0.915. The summed E-state index contributed by atoms with van der Waals surface area (Å²) >= 11 is 0. The van der Waals surface area contributed by atoms with E-state index in [1.54, 1.807) is 12.1 Å². The zero-order valence-corrected chi connectivity index (χ0v) is 39.9. The third-order valence-corrected chi connectivity index (χ3v) is 11.6. The molecule has 0 amide bonds. The third kappa shape index (κ3) is 8.90. The summed E-state index contributed by atoms with van der Waals surface area (Å²) in [4.78, 5) is 9.95. The average Bonchev–Trinajstić information content (AvgIpc) is 3.75. The van der Waals surface area contributed by atoms with Gasteiger partial charge in [-0.1, -0.05) is 162 Å². The van der Waals surface area contributed by atoms with Crippen molar-refractivity contribution >= 4 is 11.0 Å². The number of benzene rings is 7. The van der Waals surface area contributed by atoms with Crippen LogP contribution < -0.4 is 4.74 Å². The molecule has 0 saturated carbocycles. The number of nitrogens with zero attached hydrogens (tertiary/aromatic N) is 3. The van der Waals surface area contributed by atoms with Crippen LogP contribution in [0.5, 0.6) is 5.75 Å². The van der Waals surface area contributed by atoms with Gasteiger partial charge in [-0.2, -0.15) is 7.11 Å². The van der Waals surface area contributed by atoms with Gasteiger partial charge >= 0.3 is 21.1 Å². The van der Waals surface area contributed by atoms with Gasteiger partial charge in [-0.3, -0.25) is 9.55 Å². The molecule has 0 atom stereocenters. The van der Waals surface area contributed by atoms with Crippen molar-refractivity contribution in [1.29, 1.82) is 0 Å². The van der Waals surface area contributed by atoms with Gasteiger partial charge < -0.3 is 4.74 Å². The molecule has 326 valence electrons. The topological polar surface area (TPSA) is 39.9 Å². The number of para-hydroxylation sites is 1. The summed E-state index contributed by atoms with van der Waals surface area (Å²) in [5, 5.41) is 0. The van der Waals surface area contributed by atoms with E-state index in [0.29, 0.717) is 50.5 Å². The molecule has 0 aliphatic carbocycles. The van der Waals surface area contributed by atoms with Gasteiger partial charge in [0.2, 0.25) is 0 Å². The molecule has 9 rings (SSSR count). The molecule has 0 bridgehead atoms. The van der Waals surface area contributed by atoms with E-state index in [9.17, 15) is 1.37 Å². The first-order chi connectivity index (χ1) is 35.2. The Balaban J connectivity index is 0.00000765. The maximum Gasteiger partial charge on any atom is 2.00 e. The molecule has 7 aromatic carbocycles. The monoisotopic (exact) mass is 1040 g/mol. The van der Waals surface area contributed by atoms with Crippen LogP contribution in [-0.2, 0) is 31.9 Å². The number of hydrogen-bond acceptors (Lipinski definition) is 3. The van der Waals surface area contributed by atoms with Crippen LogP contribution in [0, 0.1) is 33.9 Å². The van der Waals surface area contributed by atoms with Gasteiger partial charge in [0.1, 0.15) is 5.82 Å². The van der Waals surface area contributed by atoms with E-state index in [4.69, 9.17) is 23.4 Å². The zero-order chi connectivity index (χ0) is 54.4. The van der Waals surface area contributed by atoms with Gasteiger partial charge in [-0.15, -0.1) is 29.3 Å². The fourth-order valence-corrected chi connectivity index (χ4v) is 8.28. The molecule has 0 aliphatic rings. The summed E-state index contributed by atoms with van der Waals surface area (Å²) in [6, 6.07) is 34.4. The third-order valence-electron chi connectivity index (χ3n) is 11.6. The van der Waals surface area contributed by atoms with Crippen molar-refractivity contribution in [2.45, 2.75) is 73.1 Å². The molecular formula is C60H55N3OPt. The number of pyridine rings is 1. The van der Waals surface area contributed by atoms with Crippen molar-refractivity contribution in [1.82, 2.24) is 14.5 Å². The molecule has 0 saturated heterocycles. The summed E-state index contributed by atoms with van der Waals surface area (Å²) in [6.07, 6.45) is -0.556. The number of rotatable bonds is 8. The normalized spacial score (nSPS) is 14.3. The van der Waals surface area contributed by atoms with E-state index in [0.717, 1.165) is 38.9 Å². The second-order valence-corrected chi connectivity index (χ2v) is 18.3. The van der Waals surface area contributed by atoms with Crippen LogP contribution in [0.3, 0.4) is 0 Å². The van der Waals surface area contributed by atoms with Crippen LogP contribution >= 0.6 is 0 Å². The van der Waals surface area contributed by atoms with Crippen molar-refractivity contribution in [2.75, 3.05) is 0 Å². The molecule has 0 N–H and O–H groups in total. The van der Waals surface area contributed by atoms with Crippen molar-refractivity contribution in [2.24, 2.45) is 0 Å². The van der Waals surface area contributed by atoms with Gasteiger partial charge in [0.25, 0.3) is 0 Å². The number of ether oxygens (including phenoxy) is 1. The van der Waals surface area contributed by atoms with Crippen molar-refractivity contribution in [3.8, 4) is 78.6 Å². The molecule has 0 fully saturated rings. The summed E-state index contributed by atoms with van der Waals surface area (Å²) < 4.78 is 105.